The summed E-state index contributed by atoms with van der Waals surface area (Å²) in [5.41, 5.74) is 1.16. The second kappa shape index (κ2) is 7.09. The Hall–Kier alpha value is -2.38. The summed E-state index contributed by atoms with van der Waals surface area (Å²) in [5.74, 6) is -0.395. The lowest BCUT2D eigenvalue weighted by Crippen LogP contribution is -2.46. The Morgan fingerprint density at radius 3 is 2.50 bits per heavy atom. The zero-order chi connectivity index (χ0) is 18.9. The molecule has 3 saturated heterocycles. The average Bonchev–Trinajstić information content (AvgIpc) is 3.05. The third-order valence-electron chi connectivity index (χ3n) is 5.54. The largest absolute Gasteiger partial charge is 0.343 e. The van der Waals surface area contributed by atoms with Crippen LogP contribution in [0.5, 0.6) is 0 Å². The molecule has 3 heterocycles. The summed E-state index contributed by atoms with van der Waals surface area (Å²) in [5, 5.41) is 4.59. The van der Waals surface area contributed by atoms with Gasteiger partial charge in [0.05, 0.1) is 6.42 Å². The molecule has 2 N–H and O–H groups in total. The normalized spacial score (nSPS) is 24.7. The molecule has 0 aromatic rings. The van der Waals surface area contributed by atoms with Crippen molar-refractivity contribution in [3.05, 3.63) is 11.6 Å². The first-order chi connectivity index (χ1) is 12.3. The topological polar surface area (TPSA) is 98.8 Å². The second-order valence-electron chi connectivity index (χ2n) is 7.83. The van der Waals surface area contributed by atoms with E-state index in [1.807, 2.05) is 18.7 Å². The lowest BCUT2D eigenvalue weighted by Gasteiger charge is -2.39. The Morgan fingerprint density at radius 1 is 1.23 bits per heavy atom. The van der Waals surface area contributed by atoms with E-state index in [4.69, 9.17) is 0 Å². The number of amides is 5. The predicted molar refractivity (Wildman–Crippen MR) is 94.0 cm³/mol. The third-order valence-corrected chi connectivity index (χ3v) is 5.54. The SMILES string of the molecule is CC(C)=CCN1CC2(CCN(C(=O)C[C@H]3NC(=O)NC3=O)CC2)CC1=O. The fourth-order valence-electron chi connectivity index (χ4n) is 3.91. The van der Waals surface area contributed by atoms with Gasteiger partial charge in [0, 0.05) is 38.0 Å². The van der Waals surface area contributed by atoms with E-state index in [0.717, 1.165) is 19.4 Å². The van der Waals surface area contributed by atoms with Gasteiger partial charge < -0.3 is 15.1 Å². The number of likely N-dealkylation sites (tertiary alicyclic amines) is 2. The second-order valence-corrected chi connectivity index (χ2v) is 7.83. The van der Waals surface area contributed by atoms with Gasteiger partial charge in [-0.05, 0) is 26.7 Å². The van der Waals surface area contributed by atoms with E-state index in [9.17, 15) is 19.2 Å². The van der Waals surface area contributed by atoms with Crippen molar-refractivity contribution in [1.82, 2.24) is 20.4 Å². The number of carbonyl (C=O) groups is 4. The average molecular weight is 362 g/mol. The van der Waals surface area contributed by atoms with Crippen LogP contribution in [-0.2, 0) is 14.4 Å². The minimum absolute atomic E-state index is 0.0177. The molecule has 0 bridgehead atoms. The fourth-order valence-corrected chi connectivity index (χ4v) is 3.91. The maximum absolute atomic E-state index is 12.4. The van der Waals surface area contributed by atoms with Gasteiger partial charge in [0.25, 0.3) is 5.91 Å². The molecule has 0 aliphatic carbocycles. The summed E-state index contributed by atoms with van der Waals surface area (Å²) in [6.07, 6.45) is 4.18. The van der Waals surface area contributed by atoms with Crippen molar-refractivity contribution in [2.45, 2.75) is 45.6 Å². The molecular formula is C18H26N4O4. The van der Waals surface area contributed by atoms with Crippen LogP contribution in [0.4, 0.5) is 4.79 Å². The van der Waals surface area contributed by atoms with Gasteiger partial charge in [-0.2, -0.15) is 0 Å². The van der Waals surface area contributed by atoms with Gasteiger partial charge >= 0.3 is 6.03 Å². The van der Waals surface area contributed by atoms with Crippen molar-refractivity contribution >= 4 is 23.8 Å². The van der Waals surface area contributed by atoms with Crippen molar-refractivity contribution in [3.8, 4) is 0 Å². The maximum atomic E-state index is 12.4. The number of allylic oxidation sites excluding steroid dienone is 1. The Kier molecular flexibility index (Phi) is 5.02. The number of hydrogen-bond donors (Lipinski definition) is 2. The molecule has 3 aliphatic heterocycles. The number of urea groups is 1. The van der Waals surface area contributed by atoms with Crippen LogP contribution in [0, 0.1) is 5.41 Å². The Morgan fingerprint density at radius 2 is 1.92 bits per heavy atom. The number of rotatable bonds is 4. The van der Waals surface area contributed by atoms with Gasteiger partial charge in [0.1, 0.15) is 6.04 Å². The summed E-state index contributed by atoms with van der Waals surface area (Å²) >= 11 is 0. The molecule has 0 saturated carbocycles. The molecule has 3 aliphatic rings. The molecule has 142 valence electrons. The molecule has 0 radical (unpaired) electrons. The zero-order valence-corrected chi connectivity index (χ0v) is 15.3. The van der Waals surface area contributed by atoms with E-state index in [-0.39, 0.29) is 23.7 Å². The van der Waals surface area contributed by atoms with Crippen LogP contribution in [0.25, 0.3) is 0 Å². The highest BCUT2D eigenvalue weighted by molar-refractivity contribution is 6.05. The van der Waals surface area contributed by atoms with Gasteiger partial charge in [-0.25, -0.2) is 4.79 Å². The number of nitrogens with one attached hydrogen (secondary N) is 2. The van der Waals surface area contributed by atoms with Crippen LogP contribution in [-0.4, -0.2) is 65.8 Å². The first kappa shape index (κ1) is 18.4. The van der Waals surface area contributed by atoms with Crippen molar-refractivity contribution < 1.29 is 19.2 Å². The van der Waals surface area contributed by atoms with Gasteiger partial charge in [-0.15, -0.1) is 0 Å². The lowest BCUT2D eigenvalue weighted by atomic mass is 9.77. The summed E-state index contributed by atoms with van der Waals surface area (Å²) in [7, 11) is 0. The molecule has 26 heavy (non-hydrogen) atoms. The number of nitrogens with zero attached hydrogens (tertiary/aromatic N) is 2. The molecule has 1 atom stereocenters. The highest BCUT2D eigenvalue weighted by Gasteiger charge is 2.45. The molecular weight excluding hydrogens is 336 g/mol. The van der Waals surface area contributed by atoms with Gasteiger partial charge in [0.2, 0.25) is 11.8 Å². The highest BCUT2D eigenvalue weighted by atomic mass is 16.2. The van der Waals surface area contributed by atoms with E-state index in [1.54, 1.807) is 4.90 Å². The minimum atomic E-state index is -0.779. The van der Waals surface area contributed by atoms with Crippen molar-refractivity contribution in [2.75, 3.05) is 26.2 Å². The molecule has 0 unspecified atom stereocenters. The summed E-state index contributed by atoms with van der Waals surface area (Å²) in [6, 6.07) is -1.33. The van der Waals surface area contributed by atoms with Crippen molar-refractivity contribution in [2.24, 2.45) is 5.41 Å². The maximum Gasteiger partial charge on any atom is 0.322 e. The highest BCUT2D eigenvalue weighted by Crippen LogP contribution is 2.41. The van der Waals surface area contributed by atoms with Crippen LogP contribution in [0.15, 0.2) is 11.6 Å². The van der Waals surface area contributed by atoms with Crippen molar-refractivity contribution in [1.29, 1.82) is 0 Å². The zero-order valence-electron chi connectivity index (χ0n) is 15.3. The Bertz CT molecular complexity index is 660. The first-order valence-electron chi connectivity index (χ1n) is 9.08. The number of carbonyl (C=O) groups excluding carboxylic acids is 4. The Balaban J connectivity index is 1.52. The van der Waals surface area contributed by atoms with Crippen LogP contribution in [0.1, 0.15) is 39.5 Å². The predicted octanol–water partition coefficient (Wildman–Crippen LogP) is 0.392. The van der Waals surface area contributed by atoms with Gasteiger partial charge in [-0.3, -0.25) is 19.7 Å². The van der Waals surface area contributed by atoms with E-state index in [0.29, 0.717) is 26.1 Å². The minimum Gasteiger partial charge on any atom is -0.343 e. The monoisotopic (exact) mass is 362 g/mol. The quantitative estimate of drug-likeness (QED) is 0.558. The first-order valence-corrected chi connectivity index (χ1v) is 9.08. The molecule has 0 aromatic carbocycles. The molecule has 8 heteroatoms. The molecule has 3 fully saturated rings. The molecule has 8 nitrogen and oxygen atoms in total. The summed E-state index contributed by atoms with van der Waals surface area (Å²) in [4.78, 5) is 51.1. The van der Waals surface area contributed by atoms with Crippen LogP contribution in [0.2, 0.25) is 0 Å². The smallest absolute Gasteiger partial charge is 0.322 e. The van der Waals surface area contributed by atoms with E-state index in [1.165, 1.54) is 5.57 Å². The van der Waals surface area contributed by atoms with E-state index >= 15 is 0 Å². The molecule has 1 spiro atoms. The Labute approximate surface area is 153 Å². The fraction of sp³-hybridized carbons (Fsp3) is 0.667. The van der Waals surface area contributed by atoms with Crippen LogP contribution >= 0.6 is 0 Å². The standard InChI is InChI=1S/C18H26N4O4/c1-12(2)3-6-22-11-18(10-15(22)24)4-7-21(8-5-18)14(23)9-13-16(25)20-17(26)19-13/h3,13H,4-11H2,1-2H3,(H2,19,20,25,26)/t13-/m1/s1. The number of imide groups is 1. The van der Waals surface area contributed by atoms with Crippen molar-refractivity contribution in [3.63, 3.8) is 0 Å². The van der Waals surface area contributed by atoms with E-state index < -0.39 is 18.0 Å². The van der Waals surface area contributed by atoms with Gasteiger partial charge in [0.15, 0.2) is 0 Å². The molecule has 5 amide bonds. The number of piperidine rings is 1. The molecule has 0 aromatic heterocycles. The number of hydrogen-bond acceptors (Lipinski definition) is 4. The summed E-state index contributed by atoms with van der Waals surface area (Å²) < 4.78 is 0. The van der Waals surface area contributed by atoms with Crippen LogP contribution in [0.3, 0.4) is 0 Å². The van der Waals surface area contributed by atoms with E-state index in [2.05, 4.69) is 16.7 Å². The van der Waals surface area contributed by atoms with Crippen LogP contribution < -0.4 is 10.6 Å². The lowest BCUT2D eigenvalue weighted by molar-refractivity contribution is -0.135. The third kappa shape index (κ3) is 3.89. The summed E-state index contributed by atoms with van der Waals surface area (Å²) in [6.45, 7) is 6.62. The van der Waals surface area contributed by atoms with Gasteiger partial charge in [-0.1, -0.05) is 11.6 Å². The molecule has 3 rings (SSSR count).